The summed E-state index contributed by atoms with van der Waals surface area (Å²) in [6.07, 6.45) is 0. The van der Waals surface area contributed by atoms with Gasteiger partial charge in [0, 0.05) is 17.8 Å². The zero-order valence-electron chi connectivity index (χ0n) is 17.2. The van der Waals surface area contributed by atoms with Crippen molar-refractivity contribution in [3.8, 4) is 0 Å². The normalized spacial score (nSPS) is 11.3. The summed E-state index contributed by atoms with van der Waals surface area (Å²) in [4.78, 5) is 21.3. The van der Waals surface area contributed by atoms with E-state index in [0.717, 1.165) is 11.3 Å². The van der Waals surface area contributed by atoms with Crippen LogP contribution in [-0.4, -0.2) is 48.3 Å². The zero-order valence-corrected chi connectivity index (χ0v) is 18.0. The number of nitrogens with one attached hydrogen (secondary N) is 3. The standard InChI is InChI=1S/C19H26N8OS/c1-11(2)20-16-23-17(21-12(3)4)27-18(24-16)25-26-19(27)29-10-15(28)22-14-8-6-13(5)7-9-14/h6-9,11-12H,10H2,1-5H3,(H,22,28)(H2,20,21,23,24,25). The van der Waals surface area contributed by atoms with E-state index in [9.17, 15) is 4.79 Å². The quantitative estimate of drug-likeness (QED) is 0.482. The molecule has 0 saturated heterocycles. The van der Waals surface area contributed by atoms with Crippen molar-refractivity contribution in [2.24, 2.45) is 0 Å². The summed E-state index contributed by atoms with van der Waals surface area (Å²) in [7, 11) is 0. The van der Waals surface area contributed by atoms with Gasteiger partial charge in [-0.05, 0) is 46.8 Å². The van der Waals surface area contributed by atoms with Gasteiger partial charge in [-0.15, -0.1) is 10.2 Å². The van der Waals surface area contributed by atoms with Crippen LogP contribution < -0.4 is 16.0 Å². The van der Waals surface area contributed by atoms with E-state index in [1.54, 1.807) is 4.40 Å². The highest BCUT2D eigenvalue weighted by Gasteiger charge is 2.17. The van der Waals surface area contributed by atoms with Gasteiger partial charge in [0.05, 0.1) is 5.75 Å². The van der Waals surface area contributed by atoms with Gasteiger partial charge < -0.3 is 16.0 Å². The summed E-state index contributed by atoms with van der Waals surface area (Å²) in [5, 5.41) is 18.3. The number of nitrogens with zero attached hydrogens (tertiary/aromatic N) is 5. The summed E-state index contributed by atoms with van der Waals surface area (Å²) < 4.78 is 1.73. The van der Waals surface area contributed by atoms with Crippen LogP contribution in [0.3, 0.4) is 0 Å². The number of aryl methyl sites for hydroxylation is 1. The van der Waals surface area contributed by atoms with Gasteiger partial charge in [0.2, 0.25) is 17.8 Å². The summed E-state index contributed by atoms with van der Waals surface area (Å²) in [6.45, 7) is 10.1. The number of carbonyl (C=O) groups is 1. The Labute approximate surface area is 174 Å². The third-order valence-corrected chi connectivity index (χ3v) is 4.68. The van der Waals surface area contributed by atoms with Crippen molar-refractivity contribution in [1.82, 2.24) is 24.6 Å². The zero-order chi connectivity index (χ0) is 21.0. The molecule has 3 aromatic rings. The lowest BCUT2D eigenvalue weighted by molar-refractivity contribution is -0.113. The number of hydrogen-bond acceptors (Lipinski definition) is 8. The highest BCUT2D eigenvalue weighted by molar-refractivity contribution is 7.99. The van der Waals surface area contributed by atoms with Crippen LogP contribution in [0.5, 0.6) is 0 Å². The third-order valence-electron chi connectivity index (χ3n) is 3.75. The van der Waals surface area contributed by atoms with E-state index in [0.29, 0.717) is 22.8 Å². The van der Waals surface area contributed by atoms with Crippen LogP contribution in [0.25, 0.3) is 5.78 Å². The van der Waals surface area contributed by atoms with Crippen molar-refractivity contribution in [3.05, 3.63) is 29.8 Å². The molecule has 0 aliphatic carbocycles. The first-order chi connectivity index (χ1) is 13.8. The number of fused-ring (bicyclic) bond motifs is 1. The van der Waals surface area contributed by atoms with Gasteiger partial charge in [-0.1, -0.05) is 29.5 Å². The van der Waals surface area contributed by atoms with E-state index in [4.69, 9.17) is 0 Å². The van der Waals surface area contributed by atoms with Gasteiger partial charge in [-0.25, -0.2) is 4.40 Å². The van der Waals surface area contributed by atoms with Crippen LogP contribution >= 0.6 is 11.8 Å². The number of aromatic nitrogens is 5. The number of benzene rings is 1. The highest BCUT2D eigenvalue weighted by Crippen LogP contribution is 2.22. The number of thioether (sulfide) groups is 1. The molecule has 0 saturated carbocycles. The predicted octanol–water partition coefficient (Wildman–Crippen LogP) is 3.20. The minimum atomic E-state index is -0.118. The van der Waals surface area contributed by atoms with Crippen LogP contribution in [0.15, 0.2) is 29.4 Å². The second-order valence-electron chi connectivity index (χ2n) is 7.29. The molecule has 0 spiro atoms. The Hall–Kier alpha value is -2.88. The molecule has 0 aliphatic heterocycles. The lowest BCUT2D eigenvalue weighted by atomic mass is 10.2. The largest absolute Gasteiger partial charge is 0.353 e. The van der Waals surface area contributed by atoms with Crippen molar-refractivity contribution in [2.45, 2.75) is 51.9 Å². The van der Waals surface area contributed by atoms with E-state index >= 15 is 0 Å². The summed E-state index contributed by atoms with van der Waals surface area (Å²) in [5.41, 5.74) is 1.91. The number of amides is 1. The first kappa shape index (κ1) is 20.8. The van der Waals surface area contributed by atoms with Crippen molar-refractivity contribution in [1.29, 1.82) is 0 Å². The van der Waals surface area contributed by atoms with Gasteiger partial charge in [0.15, 0.2) is 5.16 Å². The van der Waals surface area contributed by atoms with E-state index < -0.39 is 0 Å². The first-order valence-electron chi connectivity index (χ1n) is 9.47. The average molecular weight is 415 g/mol. The highest BCUT2D eigenvalue weighted by atomic mass is 32.2. The van der Waals surface area contributed by atoms with Gasteiger partial charge in [-0.2, -0.15) is 9.97 Å². The van der Waals surface area contributed by atoms with E-state index in [1.165, 1.54) is 11.8 Å². The fourth-order valence-electron chi connectivity index (χ4n) is 2.53. The molecule has 1 amide bonds. The monoisotopic (exact) mass is 414 g/mol. The molecule has 2 heterocycles. The van der Waals surface area contributed by atoms with E-state index in [2.05, 4.69) is 36.1 Å². The molecule has 0 bridgehead atoms. The van der Waals surface area contributed by atoms with Crippen molar-refractivity contribution < 1.29 is 4.79 Å². The molecule has 29 heavy (non-hydrogen) atoms. The summed E-state index contributed by atoms with van der Waals surface area (Å²) in [6, 6.07) is 8.02. The Morgan fingerprint density at radius 3 is 2.38 bits per heavy atom. The van der Waals surface area contributed by atoms with E-state index in [1.807, 2.05) is 58.9 Å². The van der Waals surface area contributed by atoms with Crippen LogP contribution in [-0.2, 0) is 4.79 Å². The number of carbonyl (C=O) groups excluding carboxylic acids is 1. The lowest BCUT2D eigenvalue weighted by Crippen LogP contribution is -2.19. The maximum Gasteiger partial charge on any atom is 0.261 e. The minimum Gasteiger partial charge on any atom is -0.353 e. The molecule has 0 atom stereocenters. The molecule has 9 nitrogen and oxygen atoms in total. The molecular weight excluding hydrogens is 388 g/mol. The summed E-state index contributed by atoms with van der Waals surface area (Å²) >= 11 is 1.28. The Kier molecular flexibility index (Phi) is 6.53. The predicted molar refractivity (Wildman–Crippen MR) is 117 cm³/mol. The van der Waals surface area contributed by atoms with E-state index in [-0.39, 0.29) is 23.7 Å². The van der Waals surface area contributed by atoms with Gasteiger partial charge in [0.25, 0.3) is 5.78 Å². The summed E-state index contributed by atoms with van der Waals surface area (Å²) in [5.74, 6) is 1.57. The second-order valence-corrected chi connectivity index (χ2v) is 8.23. The Morgan fingerprint density at radius 2 is 1.72 bits per heavy atom. The van der Waals surface area contributed by atoms with Crippen LogP contribution in [0.1, 0.15) is 33.3 Å². The second kappa shape index (κ2) is 9.08. The first-order valence-corrected chi connectivity index (χ1v) is 10.5. The number of hydrogen-bond donors (Lipinski definition) is 3. The van der Waals surface area contributed by atoms with Gasteiger partial charge >= 0.3 is 0 Å². The molecule has 1 aromatic carbocycles. The van der Waals surface area contributed by atoms with Crippen LogP contribution in [0.2, 0.25) is 0 Å². The molecule has 0 fully saturated rings. The molecular formula is C19H26N8OS. The molecule has 10 heteroatoms. The molecule has 0 aliphatic rings. The van der Waals surface area contributed by atoms with Crippen molar-refractivity contribution in [3.63, 3.8) is 0 Å². The number of rotatable bonds is 8. The Morgan fingerprint density at radius 1 is 1.03 bits per heavy atom. The molecule has 0 unspecified atom stereocenters. The Bertz CT molecular complexity index is 984. The molecule has 154 valence electrons. The van der Waals surface area contributed by atoms with Crippen LogP contribution in [0, 0.1) is 6.92 Å². The van der Waals surface area contributed by atoms with Crippen molar-refractivity contribution in [2.75, 3.05) is 21.7 Å². The van der Waals surface area contributed by atoms with Crippen molar-refractivity contribution >= 4 is 41.0 Å². The molecule has 0 radical (unpaired) electrons. The number of anilines is 3. The fourth-order valence-corrected chi connectivity index (χ4v) is 3.25. The minimum absolute atomic E-state index is 0.118. The van der Waals surface area contributed by atoms with Gasteiger partial charge in [0.1, 0.15) is 0 Å². The molecule has 3 rings (SSSR count). The fraction of sp³-hybridized carbons (Fsp3) is 0.421. The SMILES string of the molecule is Cc1ccc(NC(=O)CSc2nnc3nc(NC(C)C)nc(NC(C)C)n23)cc1. The Balaban J connectivity index is 1.78. The molecule has 3 N–H and O–H groups in total. The average Bonchev–Trinajstić information content (AvgIpc) is 3.04. The molecule has 2 aromatic heterocycles. The maximum absolute atomic E-state index is 12.3. The smallest absolute Gasteiger partial charge is 0.261 e. The lowest BCUT2D eigenvalue weighted by Gasteiger charge is -2.14. The maximum atomic E-state index is 12.3. The topological polar surface area (TPSA) is 109 Å². The third kappa shape index (κ3) is 5.57. The van der Waals surface area contributed by atoms with Crippen LogP contribution in [0.4, 0.5) is 17.6 Å². The van der Waals surface area contributed by atoms with Gasteiger partial charge in [-0.3, -0.25) is 4.79 Å².